The van der Waals surface area contributed by atoms with Crippen LogP contribution in [0.1, 0.15) is 26.2 Å². The van der Waals surface area contributed by atoms with Crippen LogP contribution in [0.15, 0.2) is 0 Å². The molecule has 0 heterocycles. The maximum atomic E-state index is 12.1. The molecule has 0 saturated carbocycles. The molecular weight excluding hydrogens is 91.1 g/mol. The van der Waals surface area contributed by atoms with Gasteiger partial charge in [-0.2, -0.15) is 0 Å². The van der Waals surface area contributed by atoms with Crippen molar-refractivity contribution in [1.29, 1.82) is 0 Å². The van der Waals surface area contributed by atoms with Gasteiger partial charge < -0.3 is 0 Å². The summed E-state index contributed by atoms with van der Waals surface area (Å²) in [6.45, 7) is 5.40. The third-order valence-corrected chi connectivity index (χ3v) is 0.915. The zero-order valence-electron chi connectivity index (χ0n) is 4.78. The average Bonchev–Trinajstić information content (AvgIpc) is 1.68. The Balaban J connectivity index is 2.83. The highest BCUT2D eigenvalue weighted by molar-refractivity contribution is 4.54. The summed E-state index contributed by atoms with van der Waals surface area (Å²) in [6.07, 6.45) is 1.36. The van der Waals surface area contributed by atoms with Crippen LogP contribution in [0.5, 0.6) is 0 Å². The van der Waals surface area contributed by atoms with Gasteiger partial charge >= 0.3 is 0 Å². The monoisotopic (exact) mass is 103 g/mol. The minimum atomic E-state index is -0.662. The molecule has 0 amide bonds. The fourth-order valence-electron chi connectivity index (χ4n) is 0.458. The maximum Gasteiger partial charge on any atom is 0.100 e. The first-order valence-electron chi connectivity index (χ1n) is 2.74. The molecule has 0 rings (SSSR count). The predicted octanol–water partition coefficient (Wildman–Crippen LogP) is 2.35. The van der Waals surface area contributed by atoms with Crippen molar-refractivity contribution in [2.75, 3.05) is 0 Å². The summed E-state index contributed by atoms with van der Waals surface area (Å²) >= 11 is 0. The second-order valence-electron chi connectivity index (χ2n) is 1.67. The summed E-state index contributed by atoms with van der Waals surface area (Å²) in [6, 6.07) is 0. The van der Waals surface area contributed by atoms with Crippen molar-refractivity contribution in [1.82, 2.24) is 0 Å². The van der Waals surface area contributed by atoms with Gasteiger partial charge in [0.15, 0.2) is 0 Å². The maximum absolute atomic E-state index is 12.1. The van der Waals surface area contributed by atoms with Gasteiger partial charge in [-0.3, -0.25) is 0 Å². The van der Waals surface area contributed by atoms with E-state index < -0.39 is 6.17 Å². The fraction of sp³-hybridized carbons (Fsp3) is 0.833. The lowest BCUT2D eigenvalue weighted by Crippen LogP contribution is -1.94. The summed E-state index contributed by atoms with van der Waals surface area (Å²) in [5, 5.41) is 0. The number of hydrogen-bond acceptors (Lipinski definition) is 0. The zero-order chi connectivity index (χ0) is 5.70. The molecule has 0 bridgehead atoms. The number of halogens is 1. The van der Waals surface area contributed by atoms with Gasteiger partial charge in [-0.05, 0) is 12.8 Å². The summed E-state index contributed by atoms with van der Waals surface area (Å²) in [5.41, 5.74) is 0. The van der Waals surface area contributed by atoms with Gasteiger partial charge in [-0.25, -0.2) is 4.39 Å². The molecule has 0 aliphatic carbocycles. The van der Waals surface area contributed by atoms with Gasteiger partial charge in [0.1, 0.15) is 6.17 Å². The molecule has 1 radical (unpaired) electrons. The van der Waals surface area contributed by atoms with Gasteiger partial charge in [0.05, 0.1) is 0 Å². The third kappa shape index (κ3) is 3.77. The van der Waals surface area contributed by atoms with E-state index in [0.29, 0.717) is 12.8 Å². The van der Waals surface area contributed by atoms with Crippen LogP contribution in [0.25, 0.3) is 0 Å². The Labute approximate surface area is 44.7 Å². The van der Waals surface area contributed by atoms with Gasteiger partial charge in [-0.1, -0.05) is 20.3 Å². The number of alkyl halides is 1. The van der Waals surface area contributed by atoms with Crippen LogP contribution in [-0.2, 0) is 0 Å². The molecule has 43 valence electrons. The molecule has 1 atom stereocenters. The van der Waals surface area contributed by atoms with Crippen LogP contribution in [0.3, 0.4) is 0 Å². The SMILES string of the molecule is [CH2]C[C@H](F)CCC. The summed E-state index contributed by atoms with van der Waals surface area (Å²) < 4.78 is 12.1. The van der Waals surface area contributed by atoms with E-state index in [1.165, 1.54) is 0 Å². The predicted molar refractivity (Wildman–Crippen MR) is 29.8 cm³/mol. The normalized spacial score (nSPS) is 14.1. The Hall–Kier alpha value is -0.0700. The van der Waals surface area contributed by atoms with Crippen molar-refractivity contribution in [3.05, 3.63) is 6.92 Å². The molecule has 1 heteroatoms. The Morgan fingerprint density at radius 3 is 2.43 bits per heavy atom. The molecule has 0 aromatic rings. The van der Waals surface area contributed by atoms with Crippen LogP contribution in [0.4, 0.5) is 4.39 Å². The third-order valence-electron chi connectivity index (χ3n) is 0.915. The molecule has 0 fully saturated rings. The van der Waals surface area contributed by atoms with E-state index in [9.17, 15) is 4.39 Å². The molecule has 7 heavy (non-hydrogen) atoms. The molecule has 0 unspecified atom stereocenters. The second kappa shape index (κ2) is 4.10. The standard InChI is InChI=1S/C6H12F/c1-3-5-6(7)4-2/h6H,2-5H2,1H3/t6-/m0/s1. The lowest BCUT2D eigenvalue weighted by atomic mass is 10.2. The topological polar surface area (TPSA) is 0 Å². The molecule has 0 spiro atoms. The van der Waals surface area contributed by atoms with E-state index in [0.717, 1.165) is 6.42 Å². The van der Waals surface area contributed by atoms with Crippen LogP contribution < -0.4 is 0 Å². The Morgan fingerprint density at radius 2 is 2.29 bits per heavy atom. The van der Waals surface area contributed by atoms with E-state index in [4.69, 9.17) is 0 Å². The smallest absolute Gasteiger partial charge is 0.100 e. The van der Waals surface area contributed by atoms with Gasteiger partial charge in [0, 0.05) is 0 Å². The molecule has 0 aromatic carbocycles. The molecule has 0 aromatic heterocycles. The highest BCUT2D eigenvalue weighted by Crippen LogP contribution is 2.03. The van der Waals surface area contributed by atoms with Crippen molar-refractivity contribution in [2.24, 2.45) is 0 Å². The highest BCUT2D eigenvalue weighted by atomic mass is 19.1. The first kappa shape index (κ1) is 6.93. The van der Waals surface area contributed by atoms with Crippen molar-refractivity contribution in [2.45, 2.75) is 32.4 Å². The van der Waals surface area contributed by atoms with Gasteiger partial charge in [0.25, 0.3) is 0 Å². The van der Waals surface area contributed by atoms with Crippen LogP contribution in [-0.4, -0.2) is 6.17 Å². The van der Waals surface area contributed by atoms with Crippen LogP contribution in [0.2, 0.25) is 0 Å². The Kier molecular flexibility index (Phi) is 4.06. The molecule has 0 aliphatic heterocycles. The van der Waals surface area contributed by atoms with Crippen molar-refractivity contribution < 1.29 is 4.39 Å². The summed E-state index contributed by atoms with van der Waals surface area (Å²) in [7, 11) is 0. The van der Waals surface area contributed by atoms with Crippen LogP contribution in [0, 0.1) is 6.92 Å². The van der Waals surface area contributed by atoms with Crippen molar-refractivity contribution in [3.8, 4) is 0 Å². The Morgan fingerprint density at radius 1 is 1.71 bits per heavy atom. The molecule has 0 N–H and O–H groups in total. The van der Waals surface area contributed by atoms with Gasteiger partial charge in [0.2, 0.25) is 0 Å². The van der Waals surface area contributed by atoms with Crippen molar-refractivity contribution in [3.63, 3.8) is 0 Å². The largest absolute Gasteiger partial charge is 0.247 e. The summed E-state index contributed by atoms with van der Waals surface area (Å²) in [4.78, 5) is 0. The minimum Gasteiger partial charge on any atom is -0.247 e. The molecule has 0 nitrogen and oxygen atoms in total. The summed E-state index contributed by atoms with van der Waals surface area (Å²) in [5.74, 6) is 0. The highest BCUT2D eigenvalue weighted by Gasteiger charge is 1.97. The second-order valence-corrected chi connectivity index (χ2v) is 1.67. The van der Waals surface area contributed by atoms with E-state index in [1.54, 1.807) is 0 Å². The molecule has 0 aliphatic rings. The average molecular weight is 103 g/mol. The van der Waals surface area contributed by atoms with E-state index in [2.05, 4.69) is 6.92 Å². The zero-order valence-corrected chi connectivity index (χ0v) is 4.78. The molecular formula is C6H12F. The quantitative estimate of drug-likeness (QED) is 0.514. The van der Waals surface area contributed by atoms with Gasteiger partial charge in [-0.15, -0.1) is 0 Å². The fourth-order valence-corrected chi connectivity index (χ4v) is 0.458. The lowest BCUT2D eigenvalue weighted by Gasteiger charge is -1.98. The van der Waals surface area contributed by atoms with E-state index >= 15 is 0 Å². The number of rotatable bonds is 3. The van der Waals surface area contributed by atoms with E-state index in [1.807, 2.05) is 6.92 Å². The lowest BCUT2D eigenvalue weighted by molar-refractivity contribution is 0.314. The Bertz CT molecular complexity index is 35.2. The van der Waals surface area contributed by atoms with Crippen LogP contribution >= 0.6 is 0 Å². The minimum absolute atomic E-state index is 0.424. The van der Waals surface area contributed by atoms with Crippen molar-refractivity contribution >= 4 is 0 Å². The number of hydrogen-bond donors (Lipinski definition) is 0. The molecule has 0 saturated heterocycles. The first-order valence-corrected chi connectivity index (χ1v) is 2.74. The first-order chi connectivity index (χ1) is 3.31. The van der Waals surface area contributed by atoms with E-state index in [-0.39, 0.29) is 0 Å².